The number of halogens is 3. The van der Waals surface area contributed by atoms with Gasteiger partial charge >= 0.3 is 12.1 Å². The Balaban J connectivity index is 1.74. The van der Waals surface area contributed by atoms with Crippen molar-refractivity contribution in [1.29, 1.82) is 0 Å². The van der Waals surface area contributed by atoms with Crippen LogP contribution in [-0.4, -0.2) is 31.9 Å². The molecule has 0 amide bonds. The van der Waals surface area contributed by atoms with Crippen LogP contribution < -0.4 is 5.32 Å². The Labute approximate surface area is 149 Å². The van der Waals surface area contributed by atoms with E-state index in [1.165, 1.54) is 17.1 Å². The molecule has 0 aliphatic heterocycles. The van der Waals surface area contributed by atoms with Crippen LogP contribution in [0.4, 0.5) is 24.1 Å². The van der Waals surface area contributed by atoms with E-state index in [-0.39, 0.29) is 11.3 Å². The van der Waals surface area contributed by atoms with Crippen LogP contribution >= 0.6 is 11.3 Å². The summed E-state index contributed by atoms with van der Waals surface area (Å²) in [5.41, 5.74) is -0.498. The molecule has 3 aromatic heterocycles. The van der Waals surface area contributed by atoms with Crippen molar-refractivity contribution in [2.75, 3.05) is 5.32 Å². The monoisotopic (exact) mass is 383 g/mol. The number of aromatic nitrogens is 4. The molecule has 7 nitrogen and oxygen atoms in total. The van der Waals surface area contributed by atoms with Gasteiger partial charge in [-0.1, -0.05) is 6.07 Å². The maximum Gasteiger partial charge on any atom is 0.429 e. The lowest BCUT2D eigenvalue weighted by molar-refractivity contribution is -0.207. The Hall–Kier alpha value is -2.95. The van der Waals surface area contributed by atoms with Gasteiger partial charge in [-0.2, -0.15) is 18.3 Å². The van der Waals surface area contributed by atoms with Crippen molar-refractivity contribution >= 4 is 28.3 Å². The molecule has 1 atom stereocenters. The zero-order valence-corrected chi connectivity index (χ0v) is 14.1. The van der Waals surface area contributed by atoms with Gasteiger partial charge in [0.2, 0.25) is 6.10 Å². The second-order valence-electron chi connectivity index (χ2n) is 5.15. The average molecular weight is 383 g/mol. The summed E-state index contributed by atoms with van der Waals surface area (Å²) in [7, 11) is 1.47. The summed E-state index contributed by atoms with van der Waals surface area (Å²) in [6, 6.07) is 5.16. The normalized spacial score (nSPS) is 12.6. The van der Waals surface area contributed by atoms with Gasteiger partial charge < -0.3 is 10.1 Å². The Kier molecular flexibility index (Phi) is 4.89. The van der Waals surface area contributed by atoms with E-state index in [1.807, 2.05) is 0 Å². The van der Waals surface area contributed by atoms with Gasteiger partial charge in [-0.05, 0) is 12.1 Å². The number of carbonyl (C=O) groups excluding carboxylic acids is 1. The highest BCUT2D eigenvalue weighted by molar-refractivity contribution is 7.14. The third-order valence-corrected chi connectivity index (χ3v) is 3.92. The number of carbonyl (C=O) groups is 1. The first-order valence-electron chi connectivity index (χ1n) is 7.23. The van der Waals surface area contributed by atoms with E-state index in [1.54, 1.807) is 24.4 Å². The van der Waals surface area contributed by atoms with Crippen molar-refractivity contribution in [2.24, 2.45) is 7.05 Å². The van der Waals surface area contributed by atoms with E-state index in [4.69, 9.17) is 0 Å². The van der Waals surface area contributed by atoms with E-state index < -0.39 is 18.2 Å². The Morgan fingerprint density at radius 1 is 1.38 bits per heavy atom. The molecule has 0 aromatic carbocycles. The number of anilines is 2. The Morgan fingerprint density at radius 2 is 2.19 bits per heavy atom. The van der Waals surface area contributed by atoms with E-state index in [0.717, 1.165) is 23.7 Å². The maximum atomic E-state index is 13.2. The largest absolute Gasteiger partial charge is 0.443 e. The molecule has 26 heavy (non-hydrogen) atoms. The topological polar surface area (TPSA) is 81.9 Å². The second-order valence-corrected chi connectivity index (χ2v) is 6.01. The minimum Gasteiger partial charge on any atom is -0.443 e. The highest BCUT2D eigenvalue weighted by Crippen LogP contribution is 2.36. The summed E-state index contributed by atoms with van der Waals surface area (Å²) in [5.74, 6) is -0.688. The van der Waals surface area contributed by atoms with Crippen molar-refractivity contribution in [2.45, 2.75) is 12.3 Å². The summed E-state index contributed by atoms with van der Waals surface area (Å²) in [6.07, 6.45) is -3.49. The van der Waals surface area contributed by atoms with Crippen LogP contribution in [0.1, 0.15) is 22.2 Å². The number of hydrogen-bond acceptors (Lipinski definition) is 7. The number of rotatable bonds is 5. The van der Waals surface area contributed by atoms with E-state index in [2.05, 4.69) is 25.1 Å². The number of aryl methyl sites for hydroxylation is 1. The average Bonchev–Trinajstić information content (AvgIpc) is 3.21. The number of alkyl halides is 3. The summed E-state index contributed by atoms with van der Waals surface area (Å²) >= 11 is 1.05. The van der Waals surface area contributed by atoms with Gasteiger partial charge in [0.15, 0.2) is 10.8 Å². The predicted octanol–water partition coefficient (Wildman–Crippen LogP) is 3.48. The number of esters is 1. The van der Waals surface area contributed by atoms with Gasteiger partial charge in [0.1, 0.15) is 5.82 Å². The summed E-state index contributed by atoms with van der Waals surface area (Å²) in [4.78, 5) is 20.1. The summed E-state index contributed by atoms with van der Waals surface area (Å²) < 4.78 is 45.5. The van der Waals surface area contributed by atoms with Gasteiger partial charge in [-0.15, -0.1) is 11.3 Å². The number of nitrogens with zero attached hydrogens (tertiary/aromatic N) is 4. The molecular formula is C15H12F3N5O2S. The molecule has 0 fully saturated rings. The summed E-state index contributed by atoms with van der Waals surface area (Å²) in [6.45, 7) is 0. The Morgan fingerprint density at radius 3 is 2.81 bits per heavy atom. The lowest BCUT2D eigenvalue weighted by atomic mass is 10.2. The first-order chi connectivity index (χ1) is 12.3. The first-order valence-corrected chi connectivity index (χ1v) is 8.11. The summed E-state index contributed by atoms with van der Waals surface area (Å²) in [5, 5.41) is 8.14. The minimum absolute atomic E-state index is 0.230. The molecule has 1 N–H and O–H groups in total. The standard InChI is InChI=1S/C15H12F3N5O2S/c1-23-7-9(6-20-23)12(15(16,17)18)25-13(24)10-8-26-14(21-10)22-11-4-2-3-5-19-11/h2-8,12H,1H3,(H,19,21,22). The lowest BCUT2D eigenvalue weighted by Gasteiger charge is -2.18. The number of thiazole rings is 1. The quantitative estimate of drug-likeness (QED) is 0.680. The van der Waals surface area contributed by atoms with Crippen LogP contribution in [0.25, 0.3) is 0 Å². The molecule has 0 spiro atoms. The second kappa shape index (κ2) is 7.12. The molecule has 0 bridgehead atoms. The molecule has 0 aliphatic rings. The molecule has 0 saturated carbocycles. The van der Waals surface area contributed by atoms with Crippen molar-refractivity contribution in [1.82, 2.24) is 19.7 Å². The molecule has 0 aliphatic carbocycles. The molecule has 0 saturated heterocycles. The fourth-order valence-corrected chi connectivity index (χ4v) is 2.72. The lowest BCUT2D eigenvalue weighted by Crippen LogP contribution is -2.26. The SMILES string of the molecule is Cn1cc(C(OC(=O)c2csc(Nc3ccccn3)n2)C(F)(F)F)cn1. The third kappa shape index (κ3) is 4.17. The highest BCUT2D eigenvalue weighted by Gasteiger charge is 2.45. The Bertz CT molecular complexity index is 894. The fourth-order valence-electron chi connectivity index (χ4n) is 2.04. The fraction of sp³-hybridized carbons (Fsp3) is 0.200. The smallest absolute Gasteiger partial charge is 0.429 e. The van der Waals surface area contributed by atoms with Gasteiger partial charge in [-0.3, -0.25) is 4.68 Å². The van der Waals surface area contributed by atoms with Crippen molar-refractivity contribution < 1.29 is 22.7 Å². The molecular weight excluding hydrogens is 371 g/mol. The van der Waals surface area contributed by atoms with E-state index in [0.29, 0.717) is 10.9 Å². The molecule has 136 valence electrons. The van der Waals surface area contributed by atoms with Crippen molar-refractivity contribution in [3.8, 4) is 0 Å². The molecule has 3 rings (SSSR count). The molecule has 0 radical (unpaired) electrons. The van der Waals surface area contributed by atoms with E-state index >= 15 is 0 Å². The zero-order valence-electron chi connectivity index (χ0n) is 13.3. The molecule has 1 unspecified atom stereocenters. The minimum atomic E-state index is -4.77. The van der Waals surface area contributed by atoms with Gasteiger partial charge in [0.05, 0.1) is 6.20 Å². The van der Waals surface area contributed by atoms with Gasteiger partial charge in [-0.25, -0.2) is 14.8 Å². The van der Waals surface area contributed by atoms with Crippen molar-refractivity contribution in [3.63, 3.8) is 0 Å². The van der Waals surface area contributed by atoms with Crippen LogP contribution in [0.15, 0.2) is 42.2 Å². The molecule has 3 aromatic rings. The predicted molar refractivity (Wildman–Crippen MR) is 87.1 cm³/mol. The highest BCUT2D eigenvalue weighted by atomic mass is 32.1. The van der Waals surface area contributed by atoms with Crippen LogP contribution in [0.2, 0.25) is 0 Å². The molecule has 3 heterocycles. The van der Waals surface area contributed by atoms with Crippen molar-refractivity contribution in [3.05, 3.63) is 53.4 Å². The maximum absolute atomic E-state index is 13.2. The van der Waals surface area contributed by atoms with Gasteiger partial charge in [0, 0.05) is 30.4 Å². The van der Waals surface area contributed by atoms with Crippen LogP contribution in [0, 0.1) is 0 Å². The number of hydrogen-bond donors (Lipinski definition) is 1. The van der Waals surface area contributed by atoms with Crippen LogP contribution in [-0.2, 0) is 11.8 Å². The number of pyridine rings is 1. The zero-order chi connectivity index (χ0) is 18.7. The molecule has 11 heteroatoms. The third-order valence-electron chi connectivity index (χ3n) is 3.16. The number of nitrogens with one attached hydrogen (secondary N) is 1. The van der Waals surface area contributed by atoms with Crippen LogP contribution in [0.5, 0.6) is 0 Å². The van der Waals surface area contributed by atoms with Crippen LogP contribution in [0.3, 0.4) is 0 Å². The first kappa shape index (κ1) is 17.9. The van der Waals surface area contributed by atoms with Gasteiger partial charge in [0.25, 0.3) is 0 Å². The van der Waals surface area contributed by atoms with E-state index in [9.17, 15) is 18.0 Å². The number of ether oxygens (including phenoxy) is 1.